The fourth-order valence-electron chi connectivity index (χ4n) is 6.93. The normalized spacial score (nSPS) is 36.6. The molecule has 1 aliphatic heterocycles. The standard InChI is InChI=1S/C28H37NO5S/c1-27-13-12-24-28(2,18-33-26(34-24)17-32-19-7-4-3-5-8-19)23(27)11-10-22(30)21(27)15-25(31)29-16-20-9-6-14-35-20/h3-9,14,21-24,26,30H,10-13,15-18H2,1-2H3,(H,29,31)/t21-,22-,23+,24-,26-,27+,28+/m1/s1. The maximum absolute atomic E-state index is 12.9. The lowest BCUT2D eigenvalue weighted by molar-refractivity contribution is -0.313. The fraction of sp³-hybridized carbons (Fsp3) is 0.607. The van der Waals surface area contributed by atoms with Crippen LogP contribution in [0.2, 0.25) is 0 Å². The number of carbonyl (C=O) groups is 1. The molecule has 2 aliphatic carbocycles. The maximum Gasteiger partial charge on any atom is 0.220 e. The molecule has 7 heteroatoms. The van der Waals surface area contributed by atoms with Gasteiger partial charge >= 0.3 is 0 Å². The van der Waals surface area contributed by atoms with Gasteiger partial charge in [0, 0.05) is 16.7 Å². The highest BCUT2D eigenvalue weighted by molar-refractivity contribution is 7.09. The number of para-hydroxylation sites is 1. The van der Waals surface area contributed by atoms with E-state index in [1.165, 1.54) is 0 Å². The van der Waals surface area contributed by atoms with E-state index in [-0.39, 0.29) is 35.0 Å². The third-order valence-electron chi connectivity index (χ3n) is 8.81. The summed E-state index contributed by atoms with van der Waals surface area (Å²) in [6.07, 6.45) is 3.07. The highest BCUT2D eigenvalue weighted by atomic mass is 32.1. The van der Waals surface area contributed by atoms with E-state index in [1.54, 1.807) is 11.3 Å². The summed E-state index contributed by atoms with van der Waals surface area (Å²) in [6, 6.07) is 13.8. The summed E-state index contributed by atoms with van der Waals surface area (Å²) >= 11 is 1.64. The van der Waals surface area contributed by atoms with Crippen LogP contribution in [0.1, 0.15) is 50.8 Å². The topological polar surface area (TPSA) is 77.0 Å². The van der Waals surface area contributed by atoms with E-state index in [1.807, 2.05) is 47.8 Å². The van der Waals surface area contributed by atoms with Gasteiger partial charge in [-0.3, -0.25) is 4.79 Å². The van der Waals surface area contributed by atoms with Gasteiger partial charge in [0.25, 0.3) is 0 Å². The van der Waals surface area contributed by atoms with Crippen molar-refractivity contribution in [1.29, 1.82) is 0 Å². The first-order valence-electron chi connectivity index (χ1n) is 12.8. The molecule has 7 atom stereocenters. The van der Waals surface area contributed by atoms with Gasteiger partial charge in [-0.25, -0.2) is 0 Å². The van der Waals surface area contributed by atoms with Crippen molar-refractivity contribution in [2.24, 2.45) is 22.7 Å². The second-order valence-electron chi connectivity index (χ2n) is 10.9. The van der Waals surface area contributed by atoms with E-state index in [0.29, 0.717) is 38.5 Å². The Kier molecular flexibility index (Phi) is 7.22. The molecule has 35 heavy (non-hydrogen) atoms. The number of fused-ring (bicyclic) bond motifs is 3. The quantitative estimate of drug-likeness (QED) is 0.574. The average molecular weight is 500 g/mol. The first-order valence-corrected chi connectivity index (χ1v) is 13.7. The number of thiophene rings is 1. The lowest BCUT2D eigenvalue weighted by atomic mass is 9.46. The third kappa shape index (κ3) is 5.01. The van der Waals surface area contributed by atoms with Crippen molar-refractivity contribution in [3.05, 3.63) is 52.7 Å². The molecular formula is C28H37NO5S. The zero-order chi connectivity index (χ0) is 24.5. The first kappa shape index (κ1) is 24.8. The Hall–Kier alpha value is -1.93. The molecule has 0 bridgehead atoms. The molecule has 5 rings (SSSR count). The van der Waals surface area contributed by atoms with Crippen molar-refractivity contribution in [2.75, 3.05) is 13.2 Å². The van der Waals surface area contributed by atoms with Crippen LogP contribution in [0, 0.1) is 22.7 Å². The van der Waals surface area contributed by atoms with Gasteiger partial charge in [-0.1, -0.05) is 38.1 Å². The number of aliphatic hydroxyl groups excluding tert-OH is 1. The van der Waals surface area contributed by atoms with Gasteiger partial charge in [-0.15, -0.1) is 11.3 Å². The van der Waals surface area contributed by atoms with Crippen LogP contribution in [0.4, 0.5) is 0 Å². The predicted octanol–water partition coefficient (Wildman–Crippen LogP) is 4.77. The van der Waals surface area contributed by atoms with Crippen molar-refractivity contribution in [3.63, 3.8) is 0 Å². The van der Waals surface area contributed by atoms with Crippen molar-refractivity contribution in [3.8, 4) is 5.75 Å². The van der Waals surface area contributed by atoms with Crippen LogP contribution < -0.4 is 10.1 Å². The molecule has 3 fully saturated rings. The summed E-state index contributed by atoms with van der Waals surface area (Å²) in [5.41, 5.74) is -0.286. The summed E-state index contributed by atoms with van der Waals surface area (Å²) in [5, 5.41) is 16.1. The van der Waals surface area contributed by atoms with Crippen LogP contribution in [0.15, 0.2) is 47.8 Å². The molecule has 1 amide bonds. The van der Waals surface area contributed by atoms with Gasteiger partial charge in [0.2, 0.25) is 5.91 Å². The zero-order valence-electron chi connectivity index (χ0n) is 20.7. The minimum absolute atomic E-state index is 0.0193. The number of amides is 1. The summed E-state index contributed by atoms with van der Waals surface area (Å²) in [4.78, 5) is 14.0. The van der Waals surface area contributed by atoms with Crippen molar-refractivity contribution in [1.82, 2.24) is 5.32 Å². The first-order chi connectivity index (χ1) is 16.9. The molecule has 6 nitrogen and oxygen atoms in total. The van der Waals surface area contributed by atoms with Crippen molar-refractivity contribution in [2.45, 2.75) is 71.0 Å². The average Bonchev–Trinajstić information content (AvgIpc) is 3.38. The monoisotopic (exact) mass is 499 g/mol. The number of benzene rings is 1. The Morgan fingerprint density at radius 1 is 1.14 bits per heavy atom. The number of ether oxygens (including phenoxy) is 3. The molecule has 2 heterocycles. The van der Waals surface area contributed by atoms with E-state index < -0.39 is 6.10 Å². The Morgan fingerprint density at radius 3 is 2.74 bits per heavy atom. The Balaban J connectivity index is 1.23. The van der Waals surface area contributed by atoms with Crippen molar-refractivity contribution < 1.29 is 24.1 Å². The molecule has 1 aromatic carbocycles. The predicted molar refractivity (Wildman–Crippen MR) is 135 cm³/mol. The highest BCUT2D eigenvalue weighted by Crippen LogP contribution is 2.62. The van der Waals surface area contributed by atoms with E-state index in [0.717, 1.165) is 29.9 Å². The third-order valence-corrected chi connectivity index (χ3v) is 9.68. The zero-order valence-corrected chi connectivity index (χ0v) is 21.5. The lowest BCUT2D eigenvalue weighted by Crippen LogP contribution is -2.63. The van der Waals surface area contributed by atoms with Crippen LogP contribution in [-0.2, 0) is 20.8 Å². The molecule has 3 aliphatic rings. The molecule has 1 aromatic heterocycles. The van der Waals surface area contributed by atoms with Crippen LogP contribution >= 0.6 is 11.3 Å². The minimum Gasteiger partial charge on any atom is -0.488 e. The number of hydrogen-bond acceptors (Lipinski definition) is 6. The SMILES string of the molecule is C[C@@]12CO[C@@H](COc3ccccc3)O[C@@H]1CC[C@]1(C)[C@@H]2CC[C@@H](O)[C@H]1CC(=O)NCc1cccs1. The van der Waals surface area contributed by atoms with Crippen LogP contribution in [0.3, 0.4) is 0 Å². The highest BCUT2D eigenvalue weighted by Gasteiger charge is 2.61. The summed E-state index contributed by atoms with van der Waals surface area (Å²) in [5.74, 6) is 1.08. The van der Waals surface area contributed by atoms with Gasteiger partial charge in [0.05, 0.1) is 25.4 Å². The Bertz CT molecular complexity index is 984. The van der Waals surface area contributed by atoms with Gasteiger partial charge in [-0.05, 0) is 66.5 Å². The largest absolute Gasteiger partial charge is 0.488 e. The molecular weight excluding hydrogens is 462 g/mol. The molecule has 190 valence electrons. The molecule has 2 aromatic rings. The number of aliphatic hydroxyl groups is 1. The van der Waals surface area contributed by atoms with Crippen LogP contribution in [0.25, 0.3) is 0 Å². The fourth-order valence-corrected chi connectivity index (χ4v) is 7.57. The number of carbonyl (C=O) groups excluding carboxylic acids is 1. The minimum atomic E-state index is -0.457. The van der Waals surface area contributed by atoms with Gasteiger partial charge in [0.15, 0.2) is 6.29 Å². The second-order valence-corrected chi connectivity index (χ2v) is 11.9. The van der Waals surface area contributed by atoms with E-state index in [9.17, 15) is 9.90 Å². The van der Waals surface area contributed by atoms with Crippen molar-refractivity contribution >= 4 is 17.2 Å². The summed E-state index contributed by atoms with van der Waals surface area (Å²) in [7, 11) is 0. The molecule has 2 saturated carbocycles. The lowest BCUT2D eigenvalue weighted by Gasteiger charge is -2.62. The molecule has 1 saturated heterocycles. The maximum atomic E-state index is 12.9. The van der Waals surface area contributed by atoms with Gasteiger partial charge < -0.3 is 24.6 Å². The molecule has 0 spiro atoms. The number of hydrogen-bond donors (Lipinski definition) is 2. The van der Waals surface area contributed by atoms with Crippen LogP contribution in [-0.4, -0.2) is 42.7 Å². The van der Waals surface area contributed by atoms with E-state index in [2.05, 4.69) is 19.2 Å². The Morgan fingerprint density at radius 2 is 1.97 bits per heavy atom. The second kappa shape index (κ2) is 10.2. The summed E-state index contributed by atoms with van der Waals surface area (Å²) in [6.45, 7) is 6.08. The van der Waals surface area contributed by atoms with Gasteiger partial charge in [0.1, 0.15) is 12.4 Å². The summed E-state index contributed by atoms with van der Waals surface area (Å²) < 4.78 is 18.5. The molecule has 2 N–H and O–H groups in total. The van der Waals surface area contributed by atoms with Gasteiger partial charge in [-0.2, -0.15) is 0 Å². The van der Waals surface area contributed by atoms with E-state index >= 15 is 0 Å². The molecule has 0 radical (unpaired) electrons. The number of nitrogens with one attached hydrogen (secondary N) is 1. The smallest absolute Gasteiger partial charge is 0.220 e. The molecule has 0 unspecified atom stereocenters. The van der Waals surface area contributed by atoms with Crippen LogP contribution in [0.5, 0.6) is 5.75 Å². The Labute approximate surface area is 212 Å². The number of rotatable bonds is 7. The van der Waals surface area contributed by atoms with E-state index in [4.69, 9.17) is 14.2 Å².